The van der Waals surface area contributed by atoms with Crippen LogP contribution >= 0.6 is 0 Å². The first-order valence-electron chi connectivity index (χ1n) is 17.7. The number of nitrogens with one attached hydrogen (secondary N) is 1. The van der Waals surface area contributed by atoms with Crippen LogP contribution in [0.3, 0.4) is 0 Å². The molecule has 11 heteroatoms. The number of ether oxygens (including phenoxy) is 2. The molecule has 0 spiro atoms. The first-order valence-corrected chi connectivity index (χ1v) is 17.7. The van der Waals surface area contributed by atoms with Crippen molar-refractivity contribution in [3.05, 3.63) is 53.3 Å². The second kappa shape index (κ2) is 11.7. The van der Waals surface area contributed by atoms with E-state index in [-0.39, 0.29) is 50.5 Å². The number of fused-ring (bicyclic) bond motifs is 5. The summed E-state index contributed by atoms with van der Waals surface area (Å²) in [5, 5.41) is 15.1. The normalized spacial score (nSPS) is 26.0. The van der Waals surface area contributed by atoms with Crippen molar-refractivity contribution < 1.29 is 27.8 Å². The second-order valence-electron chi connectivity index (χ2n) is 15.6. The van der Waals surface area contributed by atoms with Crippen molar-refractivity contribution in [2.75, 3.05) is 57.4 Å². The third kappa shape index (κ3) is 5.49. The van der Waals surface area contributed by atoms with Crippen molar-refractivity contribution in [3.8, 4) is 22.9 Å². The Morgan fingerprint density at radius 2 is 1.71 bits per heavy atom. The highest BCUT2D eigenvalue weighted by Gasteiger charge is 2.48. The molecule has 0 radical (unpaired) electrons. The van der Waals surface area contributed by atoms with Gasteiger partial charge in [0, 0.05) is 78.4 Å². The van der Waals surface area contributed by atoms with Crippen molar-refractivity contribution in [2.24, 2.45) is 17.3 Å². The maximum Gasteiger partial charge on any atom is 0.319 e. The number of phenolic OH excluding ortho intramolecular Hbond substituents is 1. The molecule has 4 saturated heterocycles. The van der Waals surface area contributed by atoms with E-state index in [0.717, 1.165) is 77.7 Å². The molecule has 4 aliphatic heterocycles. The molecule has 0 amide bonds. The quantitative estimate of drug-likeness (QED) is 0.223. The predicted molar refractivity (Wildman–Crippen MR) is 182 cm³/mol. The van der Waals surface area contributed by atoms with Gasteiger partial charge in [0.15, 0.2) is 17.5 Å². The van der Waals surface area contributed by atoms with Crippen molar-refractivity contribution in [1.82, 2.24) is 20.2 Å². The summed E-state index contributed by atoms with van der Waals surface area (Å²) in [5.41, 5.74) is 0.840. The third-order valence-electron chi connectivity index (χ3n) is 11.7. The molecule has 8 nitrogen and oxygen atoms in total. The number of anilines is 1. The minimum Gasteiger partial charge on any atom is -0.508 e. The summed E-state index contributed by atoms with van der Waals surface area (Å²) in [7, 11) is 0. The van der Waals surface area contributed by atoms with Crippen LogP contribution in [0.5, 0.6) is 11.8 Å². The number of likely N-dealkylation sites (tertiary alicyclic amines) is 1. The number of hydrogen-bond acceptors (Lipinski definition) is 8. The van der Waals surface area contributed by atoms with E-state index in [1.165, 1.54) is 18.2 Å². The minimum absolute atomic E-state index is 0.0133. The van der Waals surface area contributed by atoms with E-state index < -0.39 is 17.5 Å². The highest BCUT2D eigenvalue weighted by molar-refractivity contribution is 6.03. The Hall–Kier alpha value is -3.67. The van der Waals surface area contributed by atoms with Gasteiger partial charge in [0.25, 0.3) is 0 Å². The lowest BCUT2D eigenvalue weighted by Gasteiger charge is -2.34. The minimum atomic E-state index is -1.09. The summed E-state index contributed by atoms with van der Waals surface area (Å²) >= 11 is 0. The second-order valence-corrected chi connectivity index (χ2v) is 15.6. The molecule has 1 aromatic heterocycles. The van der Waals surface area contributed by atoms with E-state index in [1.54, 1.807) is 0 Å². The van der Waals surface area contributed by atoms with Gasteiger partial charge >= 0.3 is 6.01 Å². The van der Waals surface area contributed by atoms with Gasteiger partial charge in [-0.25, -0.2) is 13.2 Å². The maximum atomic E-state index is 17.3. The topological polar surface area (TPSA) is 83.0 Å². The summed E-state index contributed by atoms with van der Waals surface area (Å²) in [6.45, 7) is 10.5. The molecular formula is C38H42F3N5O3. The van der Waals surface area contributed by atoms with E-state index >= 15 is 8.78 Å². The standard InChI is InChI=1S/C38H42F3N5O3/c1-20(2)27-11-29-35(34(41)32(27)28-10-26(47)9-21-3-6-30(39)33(40)31(21)28)43-37(44-36(29)46-14-24-4-5-25(15-46)42-24)49-19-38(7-8-38)18-45-12-22-16-48-17-23(22)13-45/h3,6,9-11,20,22-25,42,47H,4-5,7-8,12-19H2,1-2H3/t22-,23-,24?,25?/m0/s1. The van der Waals surface area contributed by atoms with Crippen LogP contribution in [0.2, 0.25) is 0 Å². The molecule has 1 saturated carbocycles. The van der Waals surface area contributed by atoms with Gasteiger partial charge in [0.1, 0.15) is 17.1 Å². The molecule has 258 valence electrons. The summed E-state index contributed by atoms with van der Waals surface area (Å²) in [4.78, 5) is 14.5. The first kappa shape index (κ1) is 31.3. The number of rotatable bonds is 8. The zero-order valence-electron chi connectivity index (χ0n) is 27.9. The Labute approximate surface area is 283 Å². The Bertz CT molecular complexity index is 1950. The van der Waals surface area contributed by atoms with Crippen LogP contribution in [0.4, 0.5) is 19.0 Å². The summed E-state index contributed by atoms with van der Waals surface area (Å²) in [6.07, 6.45) is 4.26. The number of hydrogen-bond donors (Lipinski definition) is 2. The molecule has 1 aliphatic carbocycles. The first-order chi connectivity index (χ1) is 23.6. The molecular weight excluding hydrogens is 631 g/mol. The third-order valence-corrected chi connectivity index (χ3v) is 11.7. The lowest BCUT2D eigenvalue weighted by atomic mass is 9.87. The Morgan fingerprint density at radius 1 is 0.980 bits per heavy atom. The van der Waals surface area contributed by atoms with E-state index in [1.807, 2.05) is 19.9 Å². The lowest BCUT2D eigenvalue weighted by Crippen LogP contribution is -2.51. The van der Waals surface area contributed by atoms with Gasteiger partial charge < -0.3 is 29.7 Å². The lowest BCUT2D eigenvalue weighted by molar-refractivity contribution is 0.131. The van der Waals surface area contributed by atoms with Crippen molar-refractivity contribution in [2.45, 2.75) is 57.5 Å². The molecule has 4 aromatic rings. The fourth-order valence-electron chi connectivity index (χ4n) is 8.92. The molecule has 9 rings (SSSR count). The van der Waals surface area contributed by atoms with E-state index in [9.17, 15) is 9.50 Å². The molecule has 3 aromatic carbocycles. The molecule has 2 unspecified atom stereocenters. The number of phenols is 1. The van der Waals surface area contributed by atoms with Gasteiger partial charge in [0.2, 0.25) is 0 Å². The molecule has 4 atom stereocenters. The van der Waals surface area contributed by atoms with Gasteiger partial charge in [-0.3, -0.25) is 0 Å². The van der Waals surface area contributed by atoms with E-state index in [0.29, 0.717) is 47.3 Å². The number of halogens is 3. The molecule has 2 N–H and O–H groups in total. The van der Waals surface area contributed by atoms with Crippen LogP contribution in [0.25, 0.3) is 32.8 Å². The average Bonchev–Trinajstić information content (AvgIpc) is 3.32. The molecule has 5 aliphatic rings. The van der Waals surface area contributed by atoms with E-state index in [2.05, 4.69) is 15.1 Å². The highest BCUT2D eigenvalue weighted by atomic mass is 19.2. The Kier molecular flexibility index (Phi) is 7.48. The zero-order chi connectivity index (χ0) is 33.6. The highest BCUT2D eigenvalue weighted by Crippen LogP contribution is 2.48. The van der Waals surface area contributed by atoms with Crippen LogP contribution in [0, 0.1) is 34.7 Å². The fraction of sp³-hybridized carbons (Fsp3) is 0.526. The van der Waals surface area contributed by atoms with Gasteiger partial charge in [-0.15, -0.1) is 0 Å². The number of aromatic nitrogens is 2. The molecule has 2 bridgehead atoms. The van der Waals surface area contributed by atoms with E-state index in [4.69, 9.17) is 19.4 Å². The number of benzene rings is 3. The summed E-state index contributed by atoms with van der Waals surface area (Å²) in [6, 6.07) is 7.72. The van der Waals surface area contributed by atoms with Crippen LogP contribution in [0.15, 0.2) is 30.3 Å². The van der Waals surface area contributed by atoms with Crippen molar-refractivity contribution >= 4 is 27.5 Å². The van der Waals surface area contributed by atoms with Gasteiger partial charge in [-0.1, -0.05) is 19.9 Å². The Balaban J connectivity index is 1.15. The predicted octanol–water partition coefficient (Wildman–Crippen LogP) is 6.37. The van der Waals surface area contributed by atoms with Crippen molar-refractivity contribution in [1.29, 1.82) is 0 Å². The van der Waals surface area contributed by atoms with Gasteiger partial charge in [-0.2, -0.15) is 9.97 Å². The van der Waals surface area contributed by atoms with Crippen LogP contribution in [-0.4, -0.2) is 84.6 Å². The van der Waals surface area contributed by atoms with Gasteiger partial charge in [-0.05, 0) is 72.4 Å². The Morgan fingerprint density at radius 3 is 2.41 bits per heavy atom. The van der Waals surface area contributed by atoms with Gasteiger partial charge in [0.05, 0.1) is 19.8 Å². The molecule has 49 heavy (non-hydrogen) atoms. The summed E-state index contributed by atoms with van der Waals surface area (Å²) < 4.78 is 59.5. The molecule has 5 fully saturated rings. The smallest absolute Gasteiger partial charge is 0.319 e. The maximum absolute atomic E-state index is 17.3. The number of nitrogens with zero attached hydrogens (tertiary/aromatic N) is 4. The number of aromatic hydroxyl groups is 1. The van der Waals surface area contributed by atoms with Crippen molar-refractivity contribution in [3.63, 3.8) is 0 Å². The number of piperazine rings is 1. The zero-order valence-corrected chi connectivity index (χ0v) is 27.9. The molecule has 5 heterocycles. The van der Waals surface area contributed by atoms with Crippen LogP contribution in [0.1, 0.15) is 51.0 Å². The SMILES string of the molecule is CC(C)c1cc2c(N3CC4CCC(C3)N4)nc(OCC3(CN4C[C@H]5COC[C@@H]5C4)CC3)nc2c(F)c1-c1cc(O)cc2ccc(F)c(F)c12. The monoisotopic (exact) mass is 673 g/mol. The largest absolute Gasteiger partial charge is 0.508 e. The van der Waals surface area contributed by atoms with Crippen LogP contribution < -0.4 is 15.0 Å². The average molecular weight is 674 g/mol. The van der Waals surface area contributed by atoms with Crippen LogP contribution in [-0.2, 0) is 4.74 Å². The summed E-state index contributed by atoms with van der Waals surface area (Å²) in [5.74, 6) is -1.32. The fourth-order valence-corrected chi connectivity index (χ4v) is 8.92.